The molecule has 0 aromatic rings. The fraction of sp³-hybridized carbons (Fsp3) is 1.00. The SMILES string of the molecule is Cl.OC1(C2CCCNC2)COC1. The zero-order chi connectivity index (χ0) is 7.73. The molecule has 0 saturated carbocycles. The van der Waals surface area contributed by atoms with Crippen LogP contribution < -0.4 is 5.32 Å². The van der Waals surface area contributed by atoms with Crippen LogP contribution in [0.4, 0.5) is 0 Å². The lowest BCUT2D eigenvalue weighted by molar-refractivity contribution is -0.209. The summed E-state index contributed by atoms with van der Waals surface area (Å²) in [6.45, 7) is 3.14. The van der Waals surface area contributed by atoms with Gasteiger partial charge in [0.05, 0.1) is 13.2 Å². The van der Waals surface area contributed by atoms with E-state index >= 15 is 0 Å². The van der Waals surface area contributed by atoms with Gasteiger partial charge in [0.1, 0.15) is 5.60 Å². The van der Waals surface area contributed by atoms with Gasteiger partial charge in [-0.1, -0.05) is 0 Å². The minimum Gasteiger partial charge on any atom is -0.385 e. The fourth-order valence-electron chi connectivity index (χ4n) is 1.86. The molecule has 2 N–H and O–H groups in total. The highest BCUT2D eigenvalue weighted by atomic mass is 35.5. The number of hydrogen-bond donors (Lipinski definition) is 2. The summed E-state index contributed by atoms with van der Waals surface area (Å²) in [5.74, 6) is 0.421. The monoisotopic (exact) mass is 193 g/mol. The van der Waals surface area contributed by atoms with E-state index in [-0.39, 0.29) is 12.4 Å². The van der Waals surface area contributed by atoms with Crippen molar-refractivity contribution in [2.24, 2.45) is 5.92 Å². The van der Waals surface area contributed by atoms with E-state index in [9.17, 15) is 5.11 Å². The van der Waals surface area contributed by atoms with Crippen molar-refractivity contribution in [2.75, 3.05) is 26.3 Å². The van der Waals surface area contributed by atoms with Gasteiger partial charge in [0.2, 0.25) is 0 Å². The Kier molecular flexibility index (Phi) is 3.35. The molecule has 2 rings (SSSR count). The molecule has 0 aromatic heterocycles. The summed E-state index contributed by atoms with van der Waals surface area (Å²) < 4.78 is 5.01. The zero-order valence-electron chi connectivity index (χ0n) is 7.08. The van der Waals surface area contributed by atoms with Crippen molar-refractivity contribution in [3.63, 3.8) is 0 Å². The van der Waals surface area contributed by atoms with Crippen LogP contribution in [0.2, 0.25) is 0 Å². The number of aliphatic hydroxyl groups is 1. The Balaban J connectivity index is 0.000000720. The van der Waals surface area contributed by atoms with Crippen molar-refractivity contribution in [2.45, 2.75) is 18.4 Å². The molecule has 0 radical (unpaired) electrons. The highest BCUT2D eigenvalue weighted by Crippen LogP contribution is 2.30. The zero-order valence-corrected chi connectivity index (χ0v) is 7.90. The average Bonchev–Trinajstić information content (AvgIpc) is 2.02. The first-order valence-corrected chi connectivity index (χ1v) is 4.32. The van der Waals surface area contributed by atoms with Gasteiger partial charge in [0, 0.05) is 12.5 Å². The van der Waals surface area contributed by atoms with Crippen molar-refractivity contribution >= 4 is 12.4 Å². The van der Waals surface area contributed by atoms with Crippen LogP contribution in [0, 0.1) is 5.92 Å². The summed E-state index contributed by atoms with van der Waals surface area (Å²) in [7, 11) is 0. The first-order chi connectivity index (χ1) is 5.31. The topological polar surface area (TPSA) is 41.5 Å². The Morgan fingerprint density at radius 3 is 2.58 bits per heavy atom. The molecular formula is C8H16ClNO2. The summed E-state index contributed by atoms with van der Waals surface area (Å²) in [6, 6.07) is 0. The molecule has 0 spiro atoms. The molecule has 2 heterocycles. The van der Waals surface area contributed by atoms with Gasteiger partial charge in [-0.15, -0.1) is 12.4 Å². The third-order valence-corrected chi connectivity index (χ3v) is 2.76. The van der Waals surface area contributed by atoms with E-state index in [4.69, 9.17) is 4.74 Å². The number of ether oxygens (including phenoxy) is 1. The van der Waals surface area contributed by atoms with E-state index in [2.05, 4.69) is 5.32 Å². The first kappa shape index (κ1) is 10.3. The highest BCUT2D eigenvalue weighted by molar-refractivity contribution is 5.85. The Labute approximate surface area is 78.9 Å². The molecule has 3 nitrogen and oxygen atoms in total. The molecule has 12 heavy (non-hydrogen) atoms. The van der Waals surface area contributed by atoms with Crippen LogP contribution in [-0.4, -0.2) is 37.0 Å². The number of rotatable bonds is 1. The van der Waals surface area contributed by atoms with Crippen LogP contribution in [-0.2, 0) is 4.74 Å². The van der Waals surface area contributed by atoms with E-state index in [1.807, 2.05) is 0 Å². The Morgan fingerprint density at radius 2 is 2.17 bits per heavy atom. The number of nitrogens with one attached hydrogen (secondary N) is 1. The minimum absolute atomic E-state index is 0. The number of halogens is 1. The van der Waals surface area contributed by atoms with E-state index in [0.717, 1.165) is 19.5 Å². The van der Waals surface area contributed by atoms with Gasteiger partial charge < -0.3 is 15.2 Å². The molecular weight excluding hydrogens is 178 g/mol. The standard InChI is InChI=1S/C8H15NO2.ClH/c10-8(5-11-6-8)7-2-1-3-9-4-7;/h7,9-10H,1-6H2;1H. The molecule has 0 amide bonds. The Hall–Kier alpha value is 0.170. The molecule has 0 bridgehead atoms. The Morgan fingerprint density at radius 1 is 1.42 bits per heavy atom. The molecule has 4 heteroatoms. The highest BCUT2D eigenvalue weighted by Gasteiger charge is 2.43. The van der Waals surface area contributed by atoms with Gasteiger partial charge in [-0.05, 0) is 19.4 Å². The molecule has 0 aliphatic carbocycles. The van der Waals surface area contributed by atoms with Crippen LogP contribution in [0.1, 0.15) is 12.8 Å². The molecule has 2 aliphatic rings. The second-order valence-electron chi connectivity index (χ2n) is 3.64. The maximum Gasteiger partial charge on any atom is 0.115 e. The second kappa shape index (κ2) is 3.92. The quantitative estimate of drug-likeness (QED) is 0.624. The number of hydrogen-bond acceptors (Lipinski definition) is 3. The van der Waals surface area contributed by atoms with Crippen molar-refractivity contribution < 1.29 is 9.84 Å². The lowest BCUT2D eigenvalue weighted by Crippen LogP contribution is -2.58. The summed E-state index contributed by atoms with van der Waals surface area (Å²) >= 11 is 0. The second-order valence-corrected chi connectivity index (χ2v) is 3.64. The van der Waals surface area contributed by atoms with Crippen LogP contribution in [0.25, 0.3) is 0 Å². The average molecular weight is 194 g/mol. The smallest absolute Gasteiger partial charge is 0.115 e. The minimum atomic E-state index is -0.493. The van der Waals surface area contributed by atoms with Crippen molar-refractivity contribution in [3.05, 3.63) is 0 Å². The van der Waals surface area contributed by atoms with Crippen LogP contribution >= 0.6 is 12.4 Å². The van der Waals surface area contributed by atoms with Crippen molar-refractivity contribution in [1.29, 1.82) is 0 Å². The molecule has 2 aliphatic heterocycles. The van der Waals surface area contributed by atoms with Crippen LogP contribution in [0.3, 0.4) is 0 Å². The first-order valence-electron chi connectivity index (χ1n) is 4.32. The van der Waals surface area contributed by atoms with Crippen LogP contribution in [0.5, 0.6) is 0 Å². The molecule has 72 valence electrons. The predicted octanol–water partition coefficient (Wildman–Crippen LogP) is 0.169. The van der Waals surface area contributed by atoms with Gasteiger partial charge in [-0.2, -0.15) is 0 Å². The lowest BCUT2D eigenvalue weighted by Gasteiger charge is -2.44. The normalized spacial score (nSPS) is 33.2. The van der Waals surface area contributed by atoms with Gasteiger partial charge in [0.25, 0.3) is 0 Å². The molecule has 1 atom stereocenters. The molecule has 2 fully saturated rings. The third-order valence-electron chi connectivity index (χ3n) is 2.76. The third kappa shape index (κ3) is 1.74. The summed E-state index contributed by atoms with van der Waals surface area (Å²) in [4.78, 5) is 0. The van der Waals surface area contributed by atoms with Crippen LogP contribution in [0.15, 0.2) is 0 Å². The van der Waals surface area contributed by atoms with Gasteiger partial charge >= 0.3 is 0 Å². The summed E-state index contributed by atoms with van der Waals surface area (Å²) in [5, 5.41) is 13.2. The fourth-order valence-corrected chi connectivity index (χ4v) is 1.86. The van der Waals surface area contributed by atoms with Gasteiger partial charge in [-0.25, -0.2) is 0 Å². The molecule has 0 aromatic carbocycles. The van der Waals surface area contributed by atoms with Gasteiger partial charge in [0.15, 0.2) is 0 Å². The van der Waals surface area contributed by atoms with E-state index in [1.165, 1.54) is 6.42 Å². The van der Waals surface area contributed by atoms with E-state index in [0.29, 0.717) is 19.1 Å². The van der Waals surface area contributed by atoms with Crippen molar-refractivity contribution in [1.82, 2.24) is 5.32 Å². The summed E-state index contributed by atoms with van der Waals surface area (Å²) in [6.07, 6.45) is 2.33. The predicted molar refractivity (Wildman–Crippen MR) is 48.6 cm³/mol. The van der Waals surface area contributed by atoms with Crippen molar-refractivity contribution in [3.8, 4) is 0 Å². The van der Waals surface area contributed by atoms with Gasteiger partial charge in [-0.3, -0.25) is 0 Å². The summed E-state index contributed by atoms with van der Waals surface area (Å²) in [5.41, 5.74) is -0.493. The van der Waals surface area contributed by atoms with E-state index < -0.39 is 5.60 Å². The number of piperidine rings is 1. The lowest BCUT2D eigenvalue weighted by atomic mass is 9.81. The maximum absolute atomic E-state index is 9.87. The maximum atomic E-state index is 9.87. The molecule has 2 saturated heterocycles. The Bertz CT molecular complexity index is 144. The van der Waals surface area contributed by atoms with E-state index in [1.54, 1.807) is 0 Å². The molecule has 1 unspecified atom stereocenters. The largest absolute Gasteiger partial charge is 0.385 e.